The molecule has 1 aliphatic rings. The van der Waals surface area contributed by atoms with Crippen molar-refractivity contribution in [3.05, 3.63) is 29.8 Å². The topological polar surface area (TPSA) is 92.5 Å². The molecule has 8 heteroatoms. The van der Waals surface area contributed by atoms with Gasteiger partial charge in [0.1, 0.15) is 0 Å². The van der Waals surface area contributed by atoms with Gasteiger partial charge in [-0.3, -0.25) is 9.52 Å². The summed E-state index contributed by atoms with van der Waals surface area (Å²) in [5.74, 6) is 0.113. The smallest absolute Gasteiger partial charge is 0.256 e. The van der Waals surface area contributed by atoms with E-state index >= 15 is 0 Å². The SMILES string of the molecule is CCS(=O)(=O)Nc1ccccc1C(=O)N1CC(CN)CC1C.Cl. The first kappa shape index (κ1) is 19.7. The number of sulfonamides is 1. The highest BCUT2D eigenvalue weighted by molar-refractivity contribution is 7.92. The lowest BCUT2D eigenvalue weighted by atomic mass is 10.1. The fraction of sp³-hybridized carbons (Fsp3) is 0.533. The Morgan fingerprint density at radius 2 is 2.04 bits per heavy atom. The molecule has 0 spiro atoms. The second-order valence-electron chi connectivity index (χ2n) is 5.70. The number of benzene rings is 1. The van der Waals surface area contributed by atoms with Gasteiger partial charge in [-0.25, -0.2) is 8.42 Å². The van der Waals surface area contributed by atoms with E-state index in [9.17, 15) is 13.2 Å². The van der Waals surface area contributed by atoms with Gasteiger partial charge in [0, 0.05) is 12.6 Å². The third kappa shape index (κ3) is 4.59. The van der Waals surface area contributed by atoms with Crippen molar-refractivity contribution in [1.29, 1.82) is 0 Å². The van der Waals surface area contributed by atoms with Crippen molar-refractivity contribution in [1.82, 2.24) is 4.90 Å². The van der Waals surface area contributed by atoms with Gasteiger partial charge >= 0.3 is 0 Å². The molecule has 23 heavy (non-hydrogen) atoms. The third-order valence-electron chi connectivity index (χ3n) is 4.06. The maximum absolute atomic E-state index is 12.8. The summed E-state index contributed by atoms with van der Waals surface area (Å²) in [5.41, 5.74) is 6.41. The summed E-state index contributed by atoms with van der Waals surface area (Å²) in [4.78, 5) is 14.5. The molecular weight excluding hydrogens is 338 g/mol. The van der Waals surface area contributed by atoms with E-state index in [1.807, 2.05) is 6.92 Å². The Kier molecular flexibility index (Phi) is 6.85. The quantitative estimate of drug-likeness (QED) is 0.834. The Morgan fingerprint density at radius 1 is 1.39 bits per heavy atom. The Hall–Kier alpha value is -1.31. The summed E-state index contributed by atoms with van der Waals surface area (Å²) >= 11 is 0. The van der Waals surface area contributed by atoms with Gasteiger partial charge in [0.05, 0.1) is 17.0 Å². The molecule has 0 aromatic heterocycles. The molecule has 6 nitrogen and oxygen atoms in total. The van der Waals surface area contributed by atoms with Crippen LogP contribution in [0.15, 0.2) is 24.3 Å². The van der Waals surface area contributed by atoms with Gasteiger partial charge in [-0.1, -0.05) is 12.1 Å². The van der Waals surface area contributed by atoms with Crippen LogP contribution in [0.5, 0.6) is 0 Å². The minimum Gasteiger partial charge on any atom is -0.336 e. The summed E-state index contributed by atoms with van der Waals surface area (Å²) in [7, 11) is -3.42. The Labute approximate surface area is 143 Å². The van der Waals surface area contributed by atoms with Crippen LogP contribution >= 0.6 is 12.4 Å². The van der Waals surface area contributed by atoms with Gasteiger partial charge in [0.15, 0.2) is 0 Å². The average Bonchev–Trinajstić information content (AvgIpc) is 2.88. The van der Waals surface area contributed by atoms with Gasteiger partial charge in [0.25, 0.3) is 5.91 Å². The largest absolute Gasteiger partial charge is 0.336 e. The number of halogens is 1. The molecule has 2 rings (SSSR count). The van der Waals surface area contributed by atoms with Gasteiger partial charge in [-0.2, -0.15) is 0 Å². The van der Waals surface area contributed by atoms with E-state index in [0.29, 0.717) is 30.3 Å². The van der Waals surface area contributed by atoms with Gasteiger partial charge in [-0.15, -0.1) is 12.4 Å². The van der Waals surface area contributed by atoms with E-state index in [-0.39, 0.29) is 30.1 Å². The molecule has 0 saturated carbocycles. The van der Waals surface area contributed by atoms with Crippen molar-refractivity contribution in [2.24, 2.45) is 11.7 Å². The molecule has 3 N–H and O–H groups in total. The van der Waals surface area contributed by atoms with Crippen LogP contribution in [0.2, 0.25) is 0 Å². The Bertz CT molecular complexity index is 651. The van der Waals surface area contributed by atoms with E-state index in [0.717, 1.165) is 6.42 Å². The first-order valence-corrected chi connectivity index (χ1v) is 9.13. The highest BCUT2D eigenvalue weighted by Gasteiger charge is 2.33. The number of hydrogen-bond acceptors (Lipinski definition) is 4. The first-order valence-electron chi connectivity index (χ1n) is 7.48. The van der Waals surface area contributed by atoms with Gasteiger partial charge < -0.3 is 10.6 Å². The molecule has 1 amide bonds. The molecule has 1 aromatic carbocycles. The van der Waals surface area contributed by atoms with Crippen molar-refractivity contribution in [3.8, 4) is 0 Å². The van der Waals surface area contributed by atoms with E-state index < -0.39 is 10.0 Å². The maximum atomic E-state index is 12.8. The number of para-hydroxylation sites is 1. The van der Waals surface area contributed by atoms with Gasteiger partial charge in [0.2, 0.25) is 10.0 Å². The lowest BCUT2D eigenvalue weighted by molar-refractivity contribution is 0.0744. The second kappa shape index (κ2) is 7.99. The zero-order valence-electron chi connectivity index (χ0n) is 13.4. The fourth-order valence-corrected chi connectivity index (χ4v) is 3.41. The predicted molar refractivity (Wildman–Crippen MR) is 94.4 cm³/mol. The van der Waals surface area contributed by atoms with Gasteiger partial charge in [-0.05, 0) is 44.9 Å². The molecule has 2 atom stereocenters. The molecule has 0 radical (unpaired) electrons. The summed E-state index contributed by atoms with van der Waals surface area (Å²) in [6.45, 7) is 4.72. The minimum absolute atomic E-state index is 0. The highest BCUT2D eigenvalue weighted by atomic mass is 35.5. The zero-order valence-corrected chi connectivity index (χ0v) is 15.0. The number of nitrogens with two attached hydrogens (primary N) is 1. The normalized spacial score (nSPS) is 20.9. The molecule has 1 fully saturated rings. The first-order chi connectivity index (χ1) is 10.4. The van der Waals surface area contributed by atoms with E-state index in [1.54, 1.807) is 36.1 Å². The highest BCUT2D eigenvalue weighted by Crippen LogP contribution is 2.27. The van der Waals surface area contributed by atoms with Crippen LogP contribution in [0.1, 0.15) is 30.6 Å². The van der Waals surface area contributed by atoms with Crippen molar-refractivity contribution in [2.75, 3.05) is 23.6 Å². The average molecular weight is 362 g/mol. The van der Waals surface area contributed by atoms with Crippen LogP contribution in [-0.4, -0.2) is 44.1 Å². The number of anilines is 1. The fourth-order valence-electron chi connectivity index (χ4n) is 2.75. The van der Waals surface area contributed by atoms with Crippen molar-refractivity contribution < 1.29 is 13.2 Å². The van der Waals surface area contributed by atoms with Crippen LogP contribution in [0.4, 0.5) is 5.69 Å². The van der Waals surface area contributed by atoms with E-state index in [4.69, 9.17) is 5.73 Å². The number of likely N-dealkylation sites (tertiary alicyclic amines) is 1. The van der Waals surface area contributed by atoms with E-state index in [1.165, 1.54) is 0 Å². The van der Waals surface area contributed by atoms with Crippen LogP contribution in [-0.2, 0) is 10.0 Å². The summed E-state index contributed by atoms with van der Waals surface area (Å²) < 4.78 is 26.0. The Morgan fingerprint density at radius 3 is 2.61 bits per heavy atom. The number of nitrogens with one attached hydrogen (secondary N) is 1. The number of nitrogens with zero attached hydrogens (tertiary/aromatic N) is 1. The van der Waals surface area contributed by atoms with Crippen LogP contribution in [0.3, 0.4) is 0 Å². The monoisotopic (exact) mass is 361 g/mol. The molecule has 1 saturated heterocycles. The number of carbonyl (C=O) groups excluding carboxylic acids is 1. The number of hydrogen-bond donors (Lipinski definition) is 2. The molecule has 1 aromatic rings. The third-order valence-corrected chi connectivity index (χ3v) is 5.35. The van der Waals surface area contributed by atoms with Crippen LogP contribution in [0.25, 0.3) is 0 Å². The summed E-state index contributed by atoms with van der Waals surface area (Å²) in [5, 5.41) is 0. The number of carbonyl (C=O) groups is 1. The zero-order chi connectivity index (χ0) is 16.3. The molecule has 0 bridgehead atoms. The molecule has 2 unspecified atom stereocenters. The Balaban J connectivity index is 0.00000264. The second-order valence-corrected chi connectivity index (χ2v) is 7.71. The summed E-state index contributed by atoms with van der Waals surface area (Å²) in [6.07, 6.45) is 0.880. The summed E-state index contributed by atoms with van der Waals surface area (Å²) in [6, 6.07) is 6.82. The van der Waals surface area contributed by atoms with Crippen molar-refractivity contribution in [3.63, 3.8) is 0 Å². The lowest BCUT2D eigenvalue weighted by Crippen LogP contribution is -2.35. The minimum atomic E-state index is -3.42. The molecule has 1 heterocycles. The molecule has 1 aliphatic heterocycles. The molecular formula is C15H24ClN3O3S. The van der Waals surface area contributed by atoms with Crippen LogP contribution < -0.4 is 10.5 Å². The van der Waals surface area contributed by atoms with E-state index in [2.05, 4.69) is 4.72 Å². The number of rotatable bonds is 5. The van der Waals surface area contributed by atoms with Crippen molar-refractivity contribution >= 4 is 34.0 Å². The lowest BCUT2D eigenvalue weighted by Gasteiger charge is -2.23. The van der Waals surface area contributed by atoms with Crippen molar-refractivity contribution in [2.45, 2.75) is 26.3 Å². The molecule has 130 valence electrons. The van der Waals surface area contributed by atoms with Crippen LogP contribution in [0, 0.1) is 5.92 Å². The molecule has 0 aliphatic carbocycles. The predicted octanol–water partition coefficient (Wildman–Crippen LogP) is 1.68. The standard InChI is InChI=1S/C15H23N3O3S.ClH/c1-3-22(20,21)17-14-7-5-4-6-13(14)15(19)18-10-12(9-16)8-11(18)2;/h4-7,11-12,17H,3,8-10,16H2,1-2H3;1H. The number of amides is 1. The maximum Gasteiger partial charge on any atom is 0.256 e.